The molecule has 1 aliphatic rings. The zero-order valence-corrected chi connectivity index (χ0v) is 15.2. The second kappa shape index (κ2) is 6.91. The van der Waals surface area contributed by atoms with E-state index in [0.717, 1.165) is 18.9 Å². The van der Waals surface area contributed by atoms with E-state index in [9.17, 15) is 20.1 Å². The van der Waals surface area contributed by atoms with Gasteiger partial charge in [0.2, 0.25) is 0 Å². The predicted molar refractivity (Wildman–Crippen MR) is 103 cm³/mol. The highest BCUT2D eigenvalue weighted by Crippen LogP contribution is 2.44. The molecule has 3 aromatic rings. The summed E-state index contributed by atoms with van der Waals surface area (Å²) in [6, 6.07) is 9.38. The Labute approximate surface area is 160 Å². The van der Waals surface area contributed by atoms with E-state index < -0.39 is 11.5 Å². The highest BCUT2D eigenvalue weighted by molar-refractivity contribution is 6.33. The Balaban J connectivity index is 2.03. The first-order chi connectivity index (χ1) is 13.0. The minimum absolute atomic E-state index is 0.00335. The molecule has 2 atom stereocenters. The van der Waals surface area contributed by atoms with E-state index in [0.29, 0.717) is 29.0 Å². The van der Waals surface area contributed by atoms with Gasteiger partial charge in [-0.3, -0.25) is 4.79 Å². The maximum atomic E-state index is 12.7. The van der Waals surface area contributed by atoms with Crippen molar-refractivity contribution in [1.82, 2.24) is 0 Å². The molecular weight excluding hydrogens is 368 g/mol. The van der Waals surface area contributed by atoms with Crippen LogP contribution in [0.5, 0.6) is 11.5 Å². The highest BCUT2D eigenvalue weighted by atomic mass is 35.5. The van der Waals surface area contributed by atoms with E-state index >= 15 is 0 Å². The van der Waals surface area contributed by atoms with Gasteiger partial charge in [-0.25, -0.2) is 0 Å². The second-order valence-corrected chi connectivity index (χ2v) is 7.35. The van der Waals surface area contributed by atoms with Crippen molar-refractivity contribution in [1.29, 1.82) is 0 Å². The van der Waals surface area contributed by atoms with Gasteiger partial charge in [0.15, 0.2) is 5.43 Å². The maximum absolute atomic E-state index is 12.7. The lowest BCUT2D eigenvalue weighted by Crippen LogP contribution is -2.23. The normalized spacial score (nSPS) is 20.1. The van der Waals surface area contributed by atoms with Crippen molar-refractivity contribution < 1.29 is 19.7 Å². The standard InChI is InChI=1S/C21H19ClO5/c22-13-7-3-1-5-11(13)18-10-17(26)20-16(25)9-15(24)19(21(20)27-18)12-6-2-4-8-14(12)23/h1,3,5,7,9-10,12,14,23-25H,2,4,6,8H2/t12-,14+/m0/s1. The number of halogens is 1. The number of hydrogen-bond donors (Lipinski definition) is 3. The maximum Gasteiger partial charge on any atom is 0.197 e. The zero-order chi connectivity index (χ0) is 19.1. The van der Waals surface area contributed by atoms with Crippen LogP contribution in [0, 0.1) is 0 Å². The molecule has 1 aromatic heterocycles. The molecule has 2 aromatic carbocycles. The minimum atomic E-state index is -0.647. The average Bonchev–Trinajstić information content (AvgIpc) is 2.63. The molecular formula is C21H19ClO5. The quantitative estimate of drug-likeness (QED) is 0.601. The van der Waals surface area contributed by atoms with Crippen molar-refractivity contribution >= 4 is 22.6 Å². The Morgan fingerprint density at radius 1 is 1.04 bits per heavy atom. The van der Waals surface area contributed by atoms with E-state index in [2.05, 4.69) is 0 Å². The number of aromatic hydroxyl groups is 2. The van der Waals surface area contributed by atoms with Gasteiger partial charge in [0.25, 0.3) is 0 Å². The molecule has 1 aliphatic carbocycles. The molecule has 140 valence electrons. The minimum Gasteiger partial charge on any atom is -0.507 e. The van der Waals surface area contributed by atoms with Crippen LogP contribution in [0.3, 0.4) is 0 Å². The summed E-state index contributed by atoms with van der Waals surface area (Å²) >= 11 is 6.24. The van der Waals surface area contributed by atoms with Crippen molar-refractivity contribution in [3.63, 3.8) is 0 Å². The molecule has 0 radical (unpaired) electrons. The van der Waals surface area contributed by atoms with Gasteiger partial charge in [-0.05, 0) is 25.0 Å². The Hall–Kier alpha value is -2.50. The van der Waals surface area contributed by atoms with Gasteiger partial charge < -0.3 is 19.7 Å². The van der Waals surface area contributed by atoms with Gasteiger partial charge in [-0.2, -0.15) is 0 Å². The van der Waals surface area contributed by atoms with Gasteiger partial charge >= 0.3 is 0 Å². The smallest absolute Gasteiger partial charge is 0.197 e. The Bertz CT molecular complexity index is 1070. The molecule has 5 nitrogen and oxygen atoms in total. The molecule has 0 bridgehead atoms. The summed E-state index contributed by atoms with van der Waals surface area (Å²) in [6.07, 6.45) is 2.43. The summed E-state index contributed by atoms with van der Waals surface area (Å²) in [6.45, 7) is 0. The Morgan fingerprint density at radius 3 is 2.52 bits per heavy atom. The predicted octanol–water partition coefficient (Wildman–Crippen LogP) is 4.54. The Morgan fingerprint density at radius 2 is 1.78 bits per heavy atom. The number of phenols is 2. The van der Waals surface area contributed by atoms with E-state index in [-0.39, 0.29) is 34.1 Å². The third-order valence-corrected chi connectivity index (χ3v) is 5.57. The molecule has 4 rings (SSSR count). The van der Waals surface area contributed by atoms with Crippen LogP contribution in [-0.2, 0) is 0 Å². The summed E-state index contributed by atoms with van der Waals surface area (Å²) in [5.74, 6) is -0.664. The number of fused-ring (bicyclic) bond motifs is 1. The average molecular weight is 387 g/mol. The van der Waals surface area contributed by atoms with Crippen LogP contribution in [-0.4, -0.2) is 21.4 Å². The van der Waals surface area contributed by atoms with Crippen LogP contribution in [0.4, 0.5) is 0 Å². The molecule has 0 unspecified atom stereocenters. The number of aliphatic hydroxyl groups excluding tert-OH is 1. The summed E-state index contributed by atoms with van der Waals surface area (Å²) in [4.78, 5) is 12.7. The number of hydrogen-bond acceptors (Lipinski definition) is 5. The highest BCUT2D eigenvalue weighted by Gasteiger charge is 2.31. The van der Waals surface area contributed by atoms with Gasteiger partial charge in [0.1, 0.15) is 28.2 Å². The second-order valence-electron chi connectivity index (χ2n) is 6.95. The van der Waals surface area contributed by atoms with Crippen molar-refractivity contribution in [2.45, 2.75) is 37.7 Å². The van der Waals surface area contributed by atoms with Crippen molar-refractivity contribution in [3.05, 3.63) is 57.2 Å². The van der Waals surface area contributed by atoms with Gasteiger partial charge in [0, 0.05) is 29.2 Å². The SMILES string of the molecule is O=c1cc(-c2ccccc2Cl)oc2c([C@H]3CCCC[C@H]3O)c(O)cc(O)c12. The van der Waals surface area contributed by atoms with Gasteiger partial charge in [-0.15, -0.1) is 0 Å². The molecule has 1 heterocycles. The molecule has 0 aliphatic heterocycles. The lowest BCUT2D eigenvalue weighted by atomic mass is 9.80. The third kappa shape index (κ3) is 3.07. The van der Waals surface area contributed by atoms with Crippen LogP contribution < -0.4 is 5.43 Å². The Kier molecular flexibility index (Phi) is 4.58. The zero-order valence-electron chi connectivity index (χ0n) is 14.5. The molecule has 0 amide bonds. The molecule has 0 spiro atoms. The molecule has 1 saturated carbocycles. The number of aliphatic hydroxyl groups is 1. The van der Waals surface area contributed by atoms with E-state index in [1.54, 1.807) is 24.3 Å². The van der Waals surface area contributed by atoms with Crippen LogP contribution in [0.15, 0.2) is 45.6 Å². The van der Waals surface area contributed by atoms with Crippen LogP contribution in [0.1, 0.15) is 37.2 Å². The van der Waals surface area contributed by atoms with Crippen molar-refractivity contribution in [2.75, 3.05) is 0 Å². The summed E-state index contributed by atoms with van der Waals surface area (Å²) < 4.78 is 5.99. The first-order valence-corrected chi connectivity index (χ1v) is 9.31. The van der Waals surface area contributed by atoms with E-state index in [1.165, 1.54) is 6.07 Å². The lowest BCUT2D eigenvalue weighted by Gasteiger charge is -2.28. The van der Waals surface area contributed by atoms with E-state index in [4.69, 9.17) is 16.0 Å². The fourth-order valence-electron chi connectivity index (χ4n) is 3.92. The number of benzene rings is 2. The van der Waals surface area contributed by atoms with E-state index in [1.807, 2.05) is 0 Å². The summed E-state index contributed by atoms with van der Waals surface area (Å²) in [5, 5.41) is 31.6. The van der Waals surface area contributed by atoms with Gasteiger partial charge in [0.05, 0.1) is 11.1 Å². The first kappa shape index (κ1) is 17.9. The van der Waals surface area contributed by atoms with Crippen LogP contribution in [0.2, 0.25) is 5.02 Å². The van der Waals surface area contributed by atoms with Crippen LogP contribution >= 0.6 is 11.6 Å². The largest absolute Gasteiger partial charge is 0.507 e. The number of rotatable bonds is 2. The fraction of sp³-hybridized carbons (Fsp3) is 0.286. The topological polar surface area (TPSA) is 90.9 Å². The molecule has 0 saturated heterocycles. The van der Waals surface area contributed by atoms with Gasteiger partial charge in [-0.1, -0.05) is 36.6 Å². The summed E-state index contributed by atoms with van der Waals surface area (Å²) in [5.41, 5.74) is 0.563. The lowest BCUT2D eigenvalue weighted by molar-refractivity contribution is 0.105. The number of phenolic OH excluding ortho intramolecular Hbond substituents is 2. The fourth-order valence-corrected chi connectivity index (χ4v) is 4.15. The van der Waals surface area contributed by atoms with Crippen molar-refractivity contribution in [2.24, 2.45) is 0 Å². The molecule has 6 heteroatoms. The monoisotopic (exact) mass is 386 g/mol. The molecule has 1 fully saturated rings. The van der Waals surface area contributed by atoms with Crippen molar-refractivity contribution in [3.8, 4) is 22.8 Å². The molecule has 27 heavy (non-hydrogen) atoms. The van der Waals surface area contributed by atoms with Crippen LogP contribution in [0.25, 0.3) is 22.3 Å². The first-order valence-electron chi connectivity index (χ1n) is 8.93. The molecule has 3 N–H and O–H groups in total. The third-order valence-electron chi connectivity index (χ3n) is 5.24. The summed E-state index contributed by atoms with van der Waals surface area (Å²) in [7, 11) is 0.